The van der Waals surface area contributed by atoms with Gasteiger partial charge in [-0.1, -0.05) is 13.8 Å². The zero-order valence-electron chi connectivity index (χ0n) is 12.3. The number of hydrogen-bond acceptors (Lipinski definition) is 3. The number of aromatic nitrogens is 2. The molecule has 1 heterocycles. The Morgan fingerprint density at radius 1 is 1.40 bits per heavy atom. The van der Waals surface area contributed by atoms with Crippen LogP contribution in [0.1, 0.15) is 31.0 Å². The van der Waals surface area contributed by atoms with Crippen molar-refractivity contribution in [3.63, 3.8) is 0 Å². The maximum absolute atomic E-state index is 13.7. The SMILES string of the molecule is COc1ccc(F)c(NCc2cn(C)nc2C(C)C)c1. The number of halogens is 1. The minimum absolute atomic E-state index is 0.291. The number of methoxy groups -OCH3 is 1. The van der Waals surface area contributed by atoms with Crippen molar-refractivity contribution in [2.45, 2.75) is 26.3 Å². The lowest BCUT2D eigenvalue weighted by Crippen LogP contribution is -2.04. The molecule has 0 aliphatic carbocycles. The van der Waals surface area contributed by atoms with Crippen molar-refractivity contribution in [3.05, 3.63) is 41.5 Å². The minimum Gasteiger partial charge on any atom is -0.497 e. The molecule has 1 aromatic heterocycles. The summed E-state index contributed by atoms with van der Waals surface area (Å²) in [7, 11) is 3.45. The maximum atomic E-state index is 13.7. The predicted octanol–water partition coefficient (Wildman–Crippen LogP) is 3.30. The fourth-order valence-corrected chi connectivity index (χ4v) is 2.13. The first-order valence-corrected chi connectivity index (χ1v) is 6.61. The van der Waals surface area contributed by atoms with Gasteiger partial charge < -0.3 is 10.1 Å². The number of nitrogens with one attached hydrogen (secondary N) is 1. The van der Waals surface area contributed by atoms with Crippen molar-refractivity contribution in [1.82, 2.24) is 9.78 Å². The zero-order chi connectivity index (χ0) is 14.7. The molecule has 20 heavy (non-hydrogen) atoms. The Kier molecular flexibility index (Phi) is 4.27. The summed E-state index contributed by atoms with van der Waals surface area (Å²) in [6, 6.07) is 4.65. The van der Waals surface area contributed by atoms with Crippen LogP contribution in [0.3, 0.4) is 0 Å². The minimum atomic E-state index is -0.291. The Morgan fingerprint density at radius 3 is 2.80 bits per heavy atom. The van der Waals surface area contributed by atoms with E-state index in [2.05, 4.69) is 24.3 Å². The van der Waals surface area contributed by atoms with Crippen molar-refractivity contribution >= 4 is 5.69 Å². The topological polar surface area (TPSA) is 39.1 Å². The largest absolute Gasteiger partial charge is 0.497 e. The number of aryl methyl sites for hydroxylation is 1. The molecule has 0 amide bonds. The monoisotopic (exact) mass is 277 g/mol. The molecule has 0 saturated carbocycles. The highest BCUT2D eigenvalue weighted by atomic mass is 19.1. The summed E-state index contributed by atoms with van der Waals surface area (Å²) in [4.78, 5) is 0. The van der Waals surface area contributed by atoms with Gasteiger partial charge in [-0.2, -0.15) is 5.10 Å². The van der Waals surface area contributed by atoms with Crippen molar-refractivity contribution < 1.29 is 9.13 Å². The first-order chi connectivity index (χ1) is 9.51. The smallest absolute Gasteiger partial charge is 0.146 e. The van der Waals surface area contributed by atoms with Crippen molar-refractivity contribution in [2.24, 2.45) is 7.05 Å². The van der Waals surface area contributed by atoms with Gasteiger partial charge in [-0.25, -0.2) is 4.39 Å². The van der Waals surface area contributed by atoms with Gasteiger partial charge in [0.1, 0.15) is 11.6 Å². The van der Waals surface area contributed by atoms with Gasteiger partial charge in [-0.05, 0) is 18.1 Å². The van der Waals surface area contributed by atoms with E-state index in [1.165, 1.54) is 6.07 Å². The molecule has 4 nitrogen and oxygen atoms in total. The van der Waals surface area contributed by atoms with E-state index >= 15 is 0 Å². The van der Waals surface area contributed by atoms with E-state index in [0.29, 0.717) is 23.9 Å². The van der Waals surface area contributed by atoms with Crippen molar-refractivity contribution in [3.8, 4) is 5.75 Å². The van der Waals surface area contributed by atoms with Crippen molar-refractivity contribution in [2.75, 3.05) is 12.4 Å². The Labute approximate surface area is 118 Å². The molecule has 0 aliphatic rings. The lowest BCUT2D eigenvalue weighted by molar-refractivity contribution is 0.414. The second-order valence-corrected chi connectivity index (χ2v) is 5.07. The summed E-state index contributed by atoms with van der Waals surface area (Å²) < 4.78 is 20.6. The van der Waals surface area contributed by atoms with Gasteiger partial charge in [0.05, 0.1) is 18.5 Å². The van der Waals surface area contributed by atoms with Crippen LogP contribution in [-0.4, -0.2) is 16.9 Å². The highest BCUT2D eigenvalue weighted by molar-refractivity contribution is 5.50. The van der Waals surface area contributed by atoms with Gasteiger partial charge in [0.2, 0.25) is 0 Å². The van der Waals surface area contributed by atoms with E-state index in [4.69, 9.17) is 4.74 Å². The average molecular weight is 277 g/mol. The molecule has 5 heteroatoms. The van der Waals surface area contributed by atoms with E-state index in [1.54, 1.807) is 23.9 Å². The van der Waals surface area contributed by atoms with Crippen LogP contribution in [0.15, 0.2) is 24.4 Å². The standard InChI is InChI=1S/C15H20FN3O/c1-10(2)15-11(9-19(3)18-15)8-17-14-7-12(20-4)5-6-13(14)16/h5-7,9-10,17H,8H2,1-4H3. The lowest BCUT2D eigenvalue weighted by atomic mass is 10.1. The molecule has 0 aliphatic heterocycles. The molecule has 1 N–H and O–H groups in total. The van der Waals surface area contributed by atoms with Crippen LogP contribution >= 0.6 is 0 Å². The Morgan fingerprint density at radius 2 is 2.15 bits per heavy atom. The third-order valence-electron chi connectivity index (χ3n) is 3.13. The summed E-state index contributed by atoms with van der Waals surface area (Å²) in [5.41, 5.74) is 2.54. The highest BCUT2D eigenvalue weighted by Crippen LogP contribution is 2.23. The maximum Gasteiger partial charge on any atom is 0.146 e. The van der Waals surface area contributed by atoms with Crippen LogP contribution in [-0.2, 0) is 13.6 Å². The number of ether oxygens (including phenoxy) is 1. The molecular weight excluding hydrogens is 257 g/mol. The van der Waals surface area contributed by atoms with E-state index in [1.807, 2.05) is 13.2 Å². The molecule has 108 valence electrons. The van der Waals surface area contributed by atoms with Crippen LogP contribution in [0, 0.1) is 5.82 Å². The van der Waals surface area contributed by atoms with Gasteiger partial charge in [-0.15, -0.1) is 0 Å². The molecule has 0 bridgehead atoms. The van der Waals surface area contributed by atoms with Crippen LogP contribution in [0.5, 0.6) is 5.75 Å². The van der Waals surface area contributed by atoms with Gasteiger partial charge >= 0.3 is 0 Å². The molecule has 1 aromatic carbocycles. The van der Waals surface area contributed by atoms with E-state index in [0.717, 1.165) is 11.3 Å². The first kappa shape index (κ1) is 14.4. The second-order valence-electron chi connectivity index (χ2n) is 5.07. The lowest BCUT2D eigenvalue weighted by Gasteiger charge is -2.10. The Bertz CT molecular complexity index is 593. The number of nitrogens with zero attached hydrogens (tertiary/aromatic N) is 2. The second kappa shape index (κ2) is 5.94. The third kappa shape index (κ3) is 3.10. The molecular formula is C15H20FN3O. The van der Waals surface area contributed by atoms with Gasteiger partial charge in [0.15, 0.2) is 0 Å². The Hall–Kier alpha value is -2.04. The van der Waals surface area contributed by atoms with Crippen LogP contribution in [0.25, 0.3) is 0 Å². The molecule has 0 radical (unpaired) electrons. The van der Waals surface area contributed by atoms with Crippen LogP contribution in [0.2, 0.25) is 0 Å². The summed E-state index contributed by atoms with van der Waals surface area (Å²) in [5.74, 6) is 0.674. The number of anilines is 1. The van der Waals surface area contributed by atoms with E-state index in [-0.39, 0.29) is 5.82 Å². The normalized spacial score (nSPS) is 10.9. The van der Waals surface area contributed by atoms with Gasteiger partial charge in [-0.3, -0.25) is 4.68 Å². The van der Waals surface area contributed by atoms with Gasteiger partial charge in [0.25, 0.3) is 0 Å². The first-order valence-electron chi connectivity index (χ1n) is 6.61. The van der Waals surface area contributed by atoms with E-state index < -0.39 is 0 Å². The molecule has 2 rings (SSSR count). The van der Waals surface area contributed by atoms with E-state index in [9.17, 15) is 4.39 Å². The van der Waals surface area contributed by atoms with Crippen LogP contribution in [0.4, 0.5) is 10.1 Å². The summed E-state index contributed by atoms with van der Waals surface area (Å²) in [6.45, 7) is 4.72. The average Bonchev–Trinajstić information content (AvgIpc) is 2.79. The quantitative estimate of drug-likeness (QED) is 0.911. The fraction of sp³-hybridized carbons (Fsp3) is 0.400. The molecule has 0 atom stereocenters. The fourth-order valence-electron chi connectivity index (χ4n) is 2.13. The predicted molar refractivity (Wildman–Crippen MR) is 77.6 cm³/mol. The summed E-state index contributed by atoms with van der Waals surface area (Å²) >= 11 is 0. The summed E-state index contributed by atoms with van der Waals surface area (Å²) in [5, 5.41) is 7.54. The Balaban J connectivity index is 2.16. The molecule has 0 unspecified atom stereocenters. The molecule has 0 spiro atoms. The van der Waals surface area contributed by atoms with Crippen molar-refractivity contribution in [1.29, 1.82) is 0 Å². The number of benzene rings is 1. The number of hydrogen-bond donors (Lipinski definition) is 1. The summed E-state index contributed by atoms with van der Waals surface area (Å²) in [6.07, 6.45) is 1.96. The molecule has 2 aromatic rings. The molecule has 0 saturated heterocycles. The van der Waals surface area contributed by atoms with Gasteiger partial charge in [0, 0.05) is 31.4 Å². The van der Waals surface area contributed by atoms with Crippen LogP contribution < -0.4 is 10.1 Å². The zero-order valence-corrected chi connectivity index (χ0v) is 12.3. The number of rotatable bonds is 5. The molecule has 0 fully saturated rings. The highest BCUT2D eigenvalue weighted by Gasteiger charge is 2.12. The third-order valence-corrected chi connectivity index (χ3v) is 3.13.